The van der Waals surface area contributed by atoms with Crippen molar-refractivity contribution in [3.05, 3.63) is 54.0 Å². The van der Waals surface area contributed by atoms with Crippen molar-refractivity contribution >= 4 is 10.0 Å². The van der Waals surface area contributed by atoms with E-state index in [0.29, 0.717) is 0 Å². The smallest absolute Gasteiger partial charge is 0.240 e. The molecule has 1 aromatic heterocycles. The van der Waals surface area contributed by atoms with Gasteiger partial charge in [-0.1, -0.05) is 6.07 Å². The molecule has 0 spiro atoms. The van der Waals surface area contributed by atoms with Crippen molar-refractivity contribution in [1.82, 2.24) is 4.72 Å². The highest BCUT2D eigenvalue weighted by Crippen LogP contribution is 2.14. The van der Waals surface area contributed by atoms with Gasteiger partial charge in [-0.3, -0.25) is 0 Å². The van der Waals surface area contributed by atoms with Crippen molar-refractivity contribution in [3.63, 3.8) is 0 Å². The number of nitrogens with zero attached hydrogens (tertiary/aromatic N) is 1. The molecule has 0 radical (unpaired) electrons. The summed E-state index contributed by atoms with van der Waals surface area (Å²) in [5.74, 6) is 0.276. The monoisotopic (exact) mass is 292 g/mol. The Morgan fingerprint density at radius 1 is 1.35 bits per heavy atom. The number of hydrogen-bond acceptors (Lipinski definition) is 5. The average Bonchev–Trinajstić information content (AvgIpc) is 2.99. The first-order valence-electron chi connectivity index (χ1n) is 5.74. The molecule has 0 aliphatic rings. The van der Waals surface area contributed by atoms with Gasteiger partial charge in [0.25, 0.3) is 0 Å². The van der Waals surface area contributed by atoms with Crippen molar-refractivity contribution in [3.8, 4) is 6.07 Å². The van der Waals surface area contributed by atoms with Crippen LogP contribution in [0.3, 0.4) is 0 Å². The Balaban J connectivity index is 2.10. The van der Waals surface area contributed by atoms with Gasteiger partial charge in [-0.15, -0.1) is 0 Å². The zero-order chi connectivity index (χ0) is 14.6. The van der Waals surface area contributed by atoms with Crippen LogP contribution >= 0.6 is 0 Å². The lowest BCUT2D eigenvalue weighted by atomic mass is 10.2. The minimum atomic E-state index is -3.78. The van der Waals surface area contributed by atoms with Crippen LogP contribution in [0.15, 0.2) is 52.0 Å². The lowest BCUT2D eigenvalue weighted by Crippen LogP contribution is -2.28. The van der Waals surface area contributed by atoms with Crippen molar-refractivity contribution in [1.29, 1.82) is 5.26 Å². The number of benzene rings is 1. The second-order valence-corrected chi connectivity index (χ2v) is 5.79. The molecule has 2 rings (SSSR count). The Bertz CT molecular complexity index is 717. The van der Waals surface area contributed by atoms with E-state index in [4.69, 9.17) is 9.68 Å². The van der Waals surface area contributed by atoms with Crippen LogP contribution in [0.25, 0.3) is 0 Å². The molecule has 0 fully saturated rings. The van der Waals surface area contributed by atoms with Gasteiger partial charge < -0.3 is 9.52 Å². The standard InChI is InChI=1S/C13H12N2O4S/c14-8-10-3-1-4-11(7-10)20(17,18)15-9-12(16)13-5-2-6-19-13/h1-7,12,15-16H,9H2. The van der Waals surface area contributed by atoms with E-state index >= 15 is 0 Å². The Morgan fingerprint density at radius 3 is 2.80 bits per heavy atom. The van der Waals surface area contributed by atoms with Crippen LogP contribution in [0.4, 0.5) is 0 Å². The number of nitrogens with one attached hydrogen (secondary N) is 1. The van der Waals surface area contributed by atoms with E-state index in [1.165, 1.54) is 30.5 Å². The number of sulfonamides is 1. The molecule has 20 heavy (non-hydrogen) atoms. The molecule has 0 aliphatic heterocycles. The fourth-order valence-electron chi connectivity index (χ4n) is 1.59. The number of rotatable bonds is 5. The molecule has 0 amide bonds. The largest absolute Gasteiger partial charge is 0.467 e. The third-order valence-electron chi connectivity index (χ3n) is 2.61. The van der Waals surface area contributed by atoms with E-state index < -0.39 is 16.1 Å². The molecule has 1 atom stereocenters. The minimum absolute atomic E-state index is 0.0248. The predicted molar refractivity (Wildman–Crippen MR) is 70.0 cm³/mol. The lowest BCUT2D eigenvalue weighted by Gasteiger charge is -2.10. The highest BCUT2D eigenvalue weighted by molar-refractivity contribution is 7.89. The summed E-state index contributed by atoms with van der Waals surface area (Å²) < 4.78 is 31.3. The summed E-state index contributed by atoms with van der Waals surface area (Å²) in [7, 11) is -3.78. The number of furan rings is 1. The van der Waals surface area contributed by atoms with Gasteiger partial charge in [-0.05, 0) is 30.3 Å². The molecule has 7 heteroatoms. The van der Waals surface area contributed by atoms with Crippen molar-refractivity contribution in [2.75, 3.05) is 6.54 Å². The van der Waals surface area contributed by atoms with Crippen LogP contribution in [0.1, 0.15) is 17.4 Å². The minimum Gasteiger partial charge on any atom is -0.467 e. The number of nitriles is 1. The van der Waals surface area contributed by atoms with Gasteiger partial charge in [0.2, 0.25) is 10.0 Å². The second-order valence-electron chi connectivity index (χ2n) is 4.02. The summed E-state index contributed by atoms with van der Waals surface area (Å²) in [6, 6.07) is 10.7. The summed E-state index contributed by atoms with van der Waals surface area (Å²) >= 11 is 0. The van der Waals surface area contributed by atoms with Gasteiger partial charge in [0.05, 0.1) is 22.8 Å². The van der Waals surface area contributed by atoms with Gasteiger partial charge in [0.1, 0.15) is 11.9 Å². The molecular formula is C13H12N2O4S. The fourth-order valence-corrected chi connectivity index (χ4v) is 2.67. The molecule has 2 N–H and O–H groups in total. The first-order valence-corrected chi connectivity index (χ1v) is 7.22. The van der Waals surface area contributed by atoms with Gasteiger partial charge in [-0.25, -0.2) is 13.1 Å². The highest BCUT2D eigenvalue weighted by atomic mass is 32.2. The number of hydrogen-bond donors (Lipinski definition) is 2. The quantitative estimate of drug-likeness (QED) is 0.860. The van der Waals surface area contributed by atoms with Crippen LogP contribution in [0.5, 0.6) is 0 Å². The van der Waals surface area contributed by atoms with E-state index in [1.807, 2.05) is 6.07 Å². The molecular weight excluding hydrogens is 280 g/mol. The Labute approximate surface area is 116 Å². The Kier molecular flexibility index (Phi) is 4.20. The van der Waals surface area contributed by atoms with Crippen molar-refractivity contribution in [2.45, 2.75) is 11.0 Å². The average molecular weight is 292 g/mol. The Morgan fingerprint density at radius 2 is 2.15 bits per heavy atom. The van der Waals surface area contributed by atoms with E-state index in [-0.39, 0.29) is 22.8 Å². The molecule has 1 unspecified atom stereocenters. The maximum atomic E-state index is 12.0. The zero-order valence-electron chi connectivity index (χ0n) is 10.4. The summed E-state index contributed by atoms with van der Waals surface area (Å²) in [5.41, 5.74) is 0.249. The molecule has 0 aliphatic carbocycles. The van der Waals surface area contributed by atoms with Crippen LogP contribution in [-0.4, -0.2) is 20.1 Å². The van der Waals surface area contributed by atoms with E-state index in [9.17, 15) is 13.5 Å². The highest BCUT2D eigenvalue weighted by Gasteiger charge is 2.18. The maximum absolute atomic E-state index is 12.0. The molecule has 2 aromatic rings. The fraction of sp³-hybridized carbons (Fsp3) is 0.154. The van der Waals surface area contributed by atoms with E-state index in [1.54, 1.807) is 12.1 Å². The molecule has 1 aromatic carbocycles. The van der Waals surface area contributed by atoms with Gasteiger partial charge in [-0.2, -0.15) is 5.26 Å². The normalized spacial score (nSPS) is 12.8. The molecule has 6 nitrogen and oxygen atoms in total. The van der Waals surface area contributed by atoms with E-state index in [0.717, 1.165) is 0 Å². The predicted octanol–water partition coefficient (Wildman–Crippen LogP) is 1.16. The summed E-state index contributed by atoms with van der Waals surface area (Å²) in [4.78, 5) is -0.0248. The summed E-state index contributed by atoms with van der Waals surface area (Å²) in [6.07, 6.45) is 0.322. The third-order valence-corrected chi connectivity index (χ3v) is 4.03. The second kappa shape index (κ2) is 5.88. The number of aliphatic hydroxyl groups is 1. The van der Waals surface area contributed by atoms with Crippen LogP contribution < -0.4 is 4.72 Å². The van der Waals surface area contributed by atoms with Crippen LogP contribution in [0.2, 0.25) is 0 Å². The SMILES string of the molecule is N#Cc1cccc(S(=O)(=O)NCC(O)c2ccco2)c1. The van der Waals surface area contributed by atoms with Crippen LogP contribution in [0, 0.1) is 11.3 Å². The van der Waals surface area contributed by atoms with Crippen molar-refractivity contribution in [2.24, 2.45) is 0 Å². The molecule has 0 bridgehead atoms. The zero-order valence-corrected chi connectivity index (χ0v) is 11.2. The van der Waals surface area contributed by atoms with E-state index in [2.05, 4.69) is 4.72 Å². The summed E-state index contributed by atoms with van der Waals surface area (Å²) in [6.45, 7) is -0.216. The first-order chi connectivity index (χ1) is 9.53. The maximum Gasteiger partial charge on any atom is 0.240 e. The first kappa shape index (κ1) is 14.3. The topological polar surface area (TPSA) is 103 Å². The number of aliphatic hydroxyl groups excluding tert-OH is 1. The van der Waals surface area contributed by atoms with Gasteiger partial charge in [0.15, 0.2) is 0 Å². The van der Waals surface area contributed by atoms with Crippen LogP contribution in [-0.2, 0) is 10.0 Å². The van der Waals surface area contributed by atoms with Crippen molar-refractivity contribution < 1.29 is 17.9 Å². The lowest BCUT2D eigenvalue weighted by molar-refractivity contribution is 0.154. The molecule has 1 heterocycles. The van der Waals surface area contributed by atoms with Gasteiger partial charge in [0, 0.05) is 6.54 Å². The summed E-state index contributed by atoms with van der Waals surface area (Å²) in [5, 5.41) is 18.5. The molecule has 0 saturated heterocycles. The molecule has 0 saturated carbocycles. The Hall–Kier alpha value is -2.14. The molecule has 104 valence electrons. The van der Waals surface area contributed by atoms with Gasteiger partial charge >= 0.3 is 0 Å². The third kappa shape index (κ3) is 3.24.